The molecule has 4 aromatic rings. The van der Waals surface area contributed by atoms with E-state index in [0.717, 1.165) is 46.3 Å². The predicted octanol–water partition coefficient (Wildman–Crippen LogP) is 14.3. The zero-order valence-corrected chi connectivity index (χ0v) is 43.2. The van der Waals surface area contributed by atoms with Crippen LogP contribution < -0.4 is 0 Å². The molecular formula is C58H82O8Si2. The fraction of sp³-hybridized carbons (Fsp3) is 0.362. The van der Waals surface area contributed by atoms with Crippen LogP contribution in [0.15, 0.2) is 169 Å². The Balaban J connectivity index is 0. The van der Waals surface area contributed by atoms with Crippen LogP contribution >= 0.6 is 0 Å². The van der Waals surface area contributed by atoms with Crippen molar-refractivity contribution in [3.63, 3.8) is 0 Å². The molecule has 2 heterocycles. The van der Waals surface area contributed by atoms with E-state index in [1.54, 1.807) is 24.3 Å². The van der Waals surface area contributed by atoms with E-state index in [-0.39, 0.29) is 60.5 Å². The summed E-state index contributed by atoms with van der Waals surface area (Å²) in [4.78, 5) is 43.4. The lowest BCUT2D eigenvalue weighted by Gasteiger charge is -2.32. The van der Waals surface area contributed by atoms with Gasteiger partial charge in [-0.1, -0.05) is 168 Å². The standard InChI is InChI=1S/2C13H16O2.C9H18OSi.C7H12OSi.2C7H6O.2CH4/c2*1-9-8-12(14)10(2)13(15-9)11-6-4-3-5-7-11;1-6-8-9(7-2)10-11(3,4)5;1-4-6-7(5-2)8-9-3;2*8-6-7-4-2-1-3-5-7;;/h2*3-7,9-10,13H,8H2,1-2H3;6-8H,1-5H3;4-6,9H,3H2,1-2H3;2*1-6H;2*1H4/b;;8-6+,9-7-;6-4+,7-5-;;;;. The van der Waals surface area contributed by atoms with Crippen LogP contribution in [0.3, 0.4) is 0 Å². The van der Waals surface area contributed by atoms with E-state index in [2.05, 4.69) is 25.8 Å². The maximum absolute atomic E-state index is 11.7. The van der Waals surface area contributed by atoms with E-state index in [1.807, 2.05) is 189 Å². The van der Waals surface area contributed by atoms with Crippen molar-refractivity contribution >= 4 is 48.0 Å². The van der Waals surface area contributed by atoms with Crippen LogP contribution in [0.25, 0.3) is 0 Å². The van der Waals surface area contributed by atoms with Gasteiger partial charge in [-0.2, -0.15) is 0 Å². The Morgan fingerprint density at radius 3 is 1.16 bits per heavy atom. The fourth-order valence-corrected chi connectivity index (χ4v) is 7.66. The highest BCUT2D eigenvalue weighted by molar-refractivity contribution is 6.70. The second-order valence-electron chi connectivity index (χ2n) is 16.4. The predicted molar refractivity (Wildman–Crippen MR) is 291 cm³/mol. The highest BCUT2D eigenvalue weighted by atomic mass is 28.4. The molecule has 0 aliphatic carbocycles. The summed E-state index contributed by atoms with van der Waals surface area (Å²) in [5.41, 5.74) is 3.66. The van der Waals surface area contributed by atoms with Crippen molar-refractivity contribution in [3.8, 4) is 0 Å². The molecule has 2 saturated heterocycles. The quantitative estimate of drug-likeness (QED) is 0.0670. The van der Waals surface area contributed by atoms with E-state index in [1.165, 1.54) is 0 Å². The average molecular weight is 963 g/mol. The van der Waals surface area contributed by atoms with Gasteiger partial charge in [0.1, 0.15) is 29.9 Å². The van der Waals surface area contributed by atoms with Crippen molar-refractivity contribution in [2.75, 3.05) is 0 Å². The molecule has 2 aliphatic heterocycles. The van der Waals surface area contributed by atoms with Crippen LogP contribution in [0.5, 0.6) is 0 Å². The zero-order chi connectivity index (χ0) is 49.3. The summed E-state index contributed by atoms with van der Waals surface area (Å²) >= 11 is 0. The van der Waals surface area contributed by atoms with E-state index in [9.17, 15) is 19.2 Å². The lowest BCUT2D eigenvalue weighted by molar-refractivity contribution is -0.144. The number of benzene rings is 4. The molecule has 6 atom stereocenters. The molecule has 2 fully saturated rings. The lowest BCUT2D eigenvalue weighted by Crippen LogP contribution is -2.33. The van der Waals surface area contributed by atoms with Gasteiger partial charge in [0.2, 0.25) is 17.7 Å². The zero-order valence-electron chi connectivity index (χ0n) is 41.1. The number of ether oxygens (including phenoxy) is 2. The minimum absolute atomic E-state index is 0. The van der Waals surface area contributed by atoms with Gasteiger partial charge < -0.3 is 18.3 Å². The molecule has 0 bridgehead atoms. The first-order valence-electron chi connectivity index (χ1n) is 22.6. The number of carbonyl (C=O) groups excluding carboxylic acids is 4. The monoisotopic (exact) mass is 963 g/mol. The summed E-state index contributed by atoms with van der Waals surface area (Å²) in [6, 6.07) is 38.2. The molecule has 0 spiro atoms. The lowest BCUT2D eigenvalue weighted by atomic mass is 9.88. The number of hydrogen-bond acceptors (Lipinski definition) is 8. The number of rotatable bonds is 10. The van der Waals surface area contributed by atoms with Crippen molar-refractivity contribution < 1.29 is 37.5 Å². The molecular weight excluding hydrogens is 881 g/mol. The molecule has 6 rings (SSSR count). The van der Waals surface area contributed by atoms with Gasteiger partial charge in [0.05, 0.1) is 30.2 Å². The van der Waals surface area contributed by atoms with Gasteiger partial charge in [0, 0.05) is 35.8 Å². The van der Waals surface area contributed by atoms with Gasteiger partial charge in [0.15, 0.2) is 0 Å². The molecule has 6 unspecified atom stereocenters. The van der Waals surface area contributed by atoms with Gasteiger partial charge >= 0.3 is 0 Å². The number of ketones is 2. The maximum Gasteiger partial charge on any atom is 0.242 e. The Morgan fingerprint density at radius 1 is 0.574 bits per heavy atom. The largest absolute Gasteiger partial charge is 0.545 e. The van der Waals surface area contributed by atoms with Crippen LogP contribution in [0.2, 0.25) is 19.6 Å². The second kappa shape index (κ2) is 37.3. The third kappa shape index (κ3) is 27.2. The highest BCUT2D eigenvalue weighted by Gasteiger charge is 2.34. The molecule has 2 aliphatic rings. The normalized spacial score (nSPS) is 19.8. The fourth-order valence-electron chi connectivity index (χ4n) is 6.36. The van der Waals surface area contributed by atoms with Crippen LogP contribution in [0.4, 0.5) is 0 Å². The first kappa shape index (κ1) is 64.4. The third-order valence-corrected chi connectivity index (χ3v) is 10.9. The van der Waals surface area contributed by atoms with Gasteiger partial charge in [0.25, 0.3) is 0 Å². The molecule has 0 amide bonds. The van der Waals surface area contributed by atoms with Crippen molar-refractivity contribution in [1.29, 1.82) is 0 Å². The topological polar surface area (TPSA) is 105 Å². The van der Waals surface area contributed by atoms with Gasteiger partial charge in [-0.25, -0.2) is 0 Å². The van der Waals surface area contributed by atoms with Crippen molar-refractivity contribution in [2.24, 2.45) is 11.8 Å². The molecule has 0 aromatic heterocycles. The van der Waals surface area contributed by atoms with E-state index >= 15 is 0 Å². The van der Waals surface area contributed by atoms with Crippen molar-refractivity contribution in [1.82, 2.24) is 0 Å². The van der Waals surface area contributed by atoms with Gasteiger partial charge in [-0.05, 0) is 96.6 Å². The second-order valence-corrected chi connectivity index (χ2v) is 21.4. The Hall–Kier alpha value is -5.66. The Bertz CT molecular complexity index is 1980. The molecule has 4 aromatic carbocycles. The smallest absolute Gasteiger partial charge is 0.242 e. The van der Waals surface area contributed by atoms with E-state index < -0.39 is 8.32 Å². The molecule has 68 heavy (non-hydrogen) atoms. The minimum atomic E-state index is -1.40. The Kier molecular flexibility index (Phi) is 35.4. The average Bonchev–Trinajstić information content (AvgIpc) is 3.32. The van der Waals surface area contributed by atoms with Crippen molar-refractivity contribution in [3.05, 3.63) is 192 Å². The SMILES string of the molecule is C.C.C/C=C(/C=C/C)O[Si](C)(C)C.C=[SiH]OC(=C\C)/C=C/C.CC1CC(=O)C(C)C(c2ccccc2)O1.CC1CC(=O)C(C)C(c2ccccc2)O1.O=Cc1ccccc1.O=Cc1ccccc1. The summed E-state index contributed by atoms with van der Waals surface area (Å²) in [7, 11) is -1.52. The maximum atomic E-state index is 11.7. The summed E-state index contributed by atoms with van der Waals surface area (Å²) in [6.07, 6.45) is 18.1. The van der Waals surface area contributed by atoms with E-state index in [0.29, 0.717) is 24.4 Å². The number of hydrogen-bond donors (Lipinski definition) is 0. The summed E-state index contributed by atoms with van der Waals surface area (Å²) in [6.45, 7) is 22.3. The van der Waals surface area contributed by atoms with Crippen LogP contribution in [-0.2, 0) is 27.9 Å². The van der Waals surface area contributed by atoms with E-state index in [4.69, 9.17) is 18.3 Å². The number of aldehydes is 2. The molecule has 10 heteroatoms. The molecule has 0 saturated carbocycles. The van der Waals surface area contributed by atoms with Gasteiger partial charge in [-0.3, -0.25) is 19.2 Å². The first-order valence-corrected chi connectivity index (χ1v) is 27.3. The molecule has 0 N–H and O–H groups in total. The summed E-state index contributed by atoms with van der Waals surface area (Å²) in [5.74, 6) is 2.48. The molecule has 8 nitrogen and oxygen atoms in total. The number of carbonyl (C=O) groups is 4. The Labute approximate surface area is 414 Å². The molecule has 370 valence electrons. The van der Waals surface area contributed by atoms with Crippen LogP contribution in [0, 0.1) is 11.8 Å². The van der Waals surface area contributed by atoms with Gasteiger partial charge in [-0.15, -0.1) is 0 Å². The Morgan fingerprint density at radius 2 is 0.897 bits per heavy atom. The summed E-state index contributed by atoms with van der Waals surface area (Å²) in [5, 5.41) is 0. The highest BCUT2D eigenvalue weighted by Crippen LogP contribution is 2.34. The summed E-state index contributed by atoms with van der Waals surface area (Å²) < 4.78 is 22.6. The first-order chi connectivity index (χ1) is 31.6. The van der Waals surface area contributed by atoms with Crippen molar-refractivity contribution in [2.45, 2.75) is 127 Å². The minimum Gasteiger partial charge on any atom is -0.545 e. The number of Topliss-reactive ketones (excluding diaryl/α,β-unsaturated/α-hetero) is 2. The van der Waals surface area contributed by atoms with Crippen LogP contribution in [-0.4, -0.2) is 60.2 Å². The number of allylic oxidation sites excluding steroid dienone is 6. The molecule has 0 radical (unpaired) electrons. The van der Waals surface area contributed by atoms with Crippen LogP contribution in [0.1, 0.15) is 127 Å². The third-order valence-electron chi connectivity index (χ3n) is 9.66.